The number of thioether (sulfide) groups is 1. The van der Waals surface area contributed by atoms with Crippen LogP contribution in [-0.2, 0) is 28.7 Å². The van der Waals surface area contributed by atoms with Gasteiger partial charge in [-0.25, -0.2) is 4.79 Å². The Morgan fingerprint density at radius 2 is 1.60 bits per heavy atom. The number of hydrogen-bond acceptors (Lipinski definition) is 7. The van der Waals surface area contributed by atoms with Gasteiger partial charge in [0.2, 0.25) is 23.4 Å². The third kappa shape index (κ3) is 4.46. The molecular formula is C25H23ClN2O6S. The van der Waals surface area contributed by atoms with Crippen LogP contribution in [0.25, 0.3) is 0 Å². The van der Waals surface area contributed by atoms with E-state index in [2.05, 4.69) is 5.32 Å². The first-order valence-corrected chi connectivity index (χ1v) is 12.3. The molecule has 2 saturated heterocycles. The fourth-order valence-corrected chi connectivity index (χ4v) is 6.28. The lowest BCUT2D eigenvalue weighted by Crippen LogP contribution is -2.71. The van der Waals surface area contributed by atoms with E-state index in [0.717, 1.165) is 11.8 Å². The molecule has 35 heavy (non-hydrogen) atoms. The van der Waals surface area contributed by atoms with E-state index in [1.165, 1.54) is 18.7 Å². The van der Waals surface area contributed by atoms with E-state index >= 15 is 0 Å². The Labute approximate surface area is 211 Å². The summed E-state index contributed by atoms with van der Waals surface area (Å²) in [6.45, 7) is 2.71. The van der Waals surface area contributed by atoms with Gasteiger partial charge < -0.3 is 15.0 Å². The lowest BCUT2D eigenvalue weighted by Gasteiger charge is -2.44. The van der Waals surface area contributed by atoms with E-state index in [4.69, 9.17) is 16.3 Å². The molecule has 4 atom stereocenters. The zero-order valence-corrected chi connectivity index (χ0v) is 20.5. The summed E-state index contributed by atoms with van der Waals surface area (Å²) in [6, 6.07) is 15.8. The predicted octanol–water partition coefficient (Wildman–Crippen LogP) is 2.24. The van der Waals surface area contributed by atoms with E-state index in [0.29, 0.717) is 11.1 Å². The molecule has 1 unspecified atom stereocenters. The summed E-state index contributed by atoms with van der Waals surface area (Å²) in [5, 5.41) is 1.85. The summed E-state index contributed by atoms with van der Waals surface area (Å²) in [5.74, 6) is -4.07. The van der Waals surface area contributed by atoms with Crippen molar-refractivity contribution in [3.63, 3.8) is 0 Å². The van der Waals surface area contributed by atoms with Crippen LogP contribution in [-0.4, -0.2) is 62.3 Å². The number of amides is 2. The van der Waals surface area contributed by atoms with E-state index in [-0.39, 0.29) is 0 Å². The van der Waals surface area contributed by atoms with Crippen LogP contribution in [0, 0.1) is 0 Å². The number of rotatable bonds is 8. The van der Waals surface area contributed by atoms with Crippen LogP contribution in [0.2, 0.25) is 0 Å². The number of ether oxygens (including phenoxy) is 1. The number of benzene rings is 2. The highest BCUT2D eigenvalue weighted by molar-refractivity contribution is 8.02. The van der Waals surface area contributed by atoms with Gasteiger partial charge >= 0.3 is 5.97 Å². The number of β-lactam (4-membered cyclic amide) rings is 1. The van der Waals surface area contributed by atoms with Gasteiger partial charge in [-0.2, -0.15) is 0 Å². The minimum atomic E-state index is -1.63. The summed E-state index contributed by atoms with van der Waals surface area (Å²) in [6.07, 6.45) is -0.806. The number of hydrogen-bond donors (Lipinski definition) is 1. The lowest BCUT2D eigenvalue weighted by molar-refractivity contribution is -0.167. The molecule has 0 aromatic heterocycles. The Kier molecular flexibility index (Phi) is 7.00. The number of carbonyl (C=O) groups is 5. The maximum Gasteiger partial charge on any atom is 0.331 e. The molecule has 0 spiro atoms. The Bertz CT molecular complexity index is 1140. The average Bonchev–Trinajstić information content (AvgIpc) is 3.16. The number of fused-ring (bicyclic) bond motifs is 1. The van der Waals surface area contributed by atoms with Gasteiger partial charge in [-0.3, -0.25) is 19.2 Å². The summed E-state index contributed by atoms with van der Waals surface area (Å²) in [5.41, 5.74) is 1.40. The smallest absolute Gasteiger partial charge is 0.331 e. The minimum Gasteiger partial charge on any atom is -0.451 e. The first-order valence-electron chi connectivity index (χ1n) is 10.9. The first-order chi connectivity index (χ1) is 16.7. The molecule has 0 bridgehead atoms. The summed E-state index contributed by atoms with van der Waals surface area (Å²) >= 11 is 6.62. The number of nitrogens with zero attached hydrogens (tertiary/aromatic N) is 1. The molecule has 2 aromatic rings. The number of nitrogens with one attached hydrogen (secondary N) is 1. The van der Waals surface area contributed by atoms with Gasteiger partial charge in [0.25, 0.3) is 0 Å². The molecule has 0 radical (unpaired) electrons. The second-order valence-corrected chi connectivity index (χ2v) is 10.3. The van der Waals surface area contributed by atoms with Crippen LogP contribution in [0.5, 0.6) is 0 Å². The normalized spacial score (nSPS) is 25.0. The highest BCUT2D eigenvalue weighted by Gasteiger charge is 2.69. The molecule has 182 valence electrons. The molecule has 2 aliphatic heterocycles. The summed E-state index contributed by atoms with van der Waals surface area (Å²) in [7, 11) is 0. The molecule has 0 saturated carbocycles. The molecule has 0 aliphatic carbocycles. The van der Waals surface area contributed by atoms with Crippen molar-refractivity contribution in [1.29, 1.82) is 0 Å². The fraction of sp³-hybridized carbons (Fsp3) is 0.320. The molecule has 1 N–H and O–H groups in total. The maximum absolute atomic E-state index is 13.7. The molecule has 10 heteroatoms. The second-order valence-electron chi connectivity index (χ2n) is 8.47. The van der Waals surface area contributed by atoms with Crippen molar-refractivity contribution in [3.8, 4) is 0 Å². The van der Waals surface area contributed by atoms with Crippen LogP contribution in [0.3, 0.4) is 0 Å². The zero-order chi connectivity index (χ0) is 25.3. The molecule has 2 fully saturated rings. The Morgan fingerprint density at radius 3 is 2.09 bits per heavy atom. The van der Waals surface area contributed by atoms with Crippen molar-refractivity contribution < 1.29 is 28.7 Å². The second kappa shape index (κ2) is 9.83. The Balaban J connectivity index is 1.71. The SMILES string of the molecule is CC(=O)N[C@@H]1C(=O)N2C1S[C@@](C)(C(=O)C(=O)CCl)[C@@H]2C(=O)OC(c1ccccc1)c1ccccc1. The maximum atomic E-state index is 13.7. The molecule has 2 heterocycles. The Hall–Kier alpha value is -3.17. The van der Waals surface area contributed by atoms with Crippen molar-refractivity contribution in [2.75, 3.05) is 5.88 Å². The van der Waals surface area contributed by atoms with E-state index in [1.807, 2.05) is 36.4 Å². The van der Waals surface area contributed by atoms with Crippen molar-refractivity contribution >= 4 is 52.7 Å². The quantitative estimate of drug-likeness (QED) is 0.249. The van der Waals surface area contributed by atoms with Crippen LogP contribution in [0.1, 0.15) is 31.1 Å². The van der Waals surface area contributed by atoms with Crippen molar-refractivity contribution in [2.24, 2.45) is 0 Å². The summed E-state index contributed by atoms with van der Waals surface area (Å²) < 4.78 is 4.32. The number of halogens is 1. The van der Waals surface area contributed by atoms with Gasteiger partial charge in [-0.05, 0) is 18.1 Å². The van der Waals surface area contributed by atoms with Crippen molar-refractivity contribution in [3.05, 3.63) is 71.8 Å². The third-order valence-corrected chi connectivity index (χ3v) is 7.97. The van der Waals surface area contributed by atoms with Crippen LogP contribution in [0.15, 0.2) is 60.7 Å². The first kappa shape index (κ1) is 24.9. The molecule has 2 amide bonds. The topological polar surface area (TPSA) is 110 Å². The fourth-order valence-electron chi connectivity index (χ4n) is 4.44. The molecule has 4 rings (SSSR count). The van der Waals surface area contributed by atoms with Gasteiger partial charge in [-0.15, -0.1) is 23.4 Å². The van der Waals surface area contributed by atoms with Crippen LogP contribution >= 0.6 is 23.4 Å². The van der Waals surface area contributed by atoms with Crippen molar-refractivity contribution in [1.82, 2.24) is 10.2 Å². The number of alkyl halides is 1. The minimum absolute atomic E-state index is 0.423. The van der Waals surface area contributed by atoms with Crippen LogP contribution in [0.4, 0.5) is 0 Å². The predicted molar refractivity (Wildman–Crippen MR) is 130 cm³/mol. The molecule has 8 nitrogen and oxygen atoms in total. The van der Waals surface area contributed by atoms with Gasteiger partial charge in [0, 0.05) is 6.92 Å². The number of ketones is 2. The van der Waals surface area contributed by atoms with Gasteiger partial charge in [0.05, 0.1) is 5.88 Å². The highest BCUT2D eigenvalue weighted by Crippen LogP contribution is 2.52. The van der Waals surface area contributed by atoms with E-state index < -0.39 is 63.5 Å². The van der Waals surface area contributed by atoms with Crippen LogP contribution < -0.4 is 5.32 Å². The largest absolute Gasteiger partial charge is 0.451 e. The number of carbonyl (C=O) groups excluding carboxylic acids is 5. The molecule has 2 aromatic carbocycles. The van der Waals surface area contributed by atoms with Gasteiger partial charge in [0.15, 0.2) is 12.1 Å². The van der Waals surface area contributed by atoms with E-state index in [9.17, 15) is 24.0 Å². The highest BCUT2D eigenvalue weighted by atomic mass is 35.5. The zero-order valence-electron chi connectivity index (χ0n) is 19.0. The standard InChI is InChI=1S/C25H23ClN2O6S/c1-14(29)27-18-22(32)28-20(25(2,35-23(18)28)21(31)17(30)13-26)24(33)34-19(15-9-5-3-6-10-15)16-11-7-4-8-12-16/h3-12,18-20,23H,13H2,1-2H3,(H,27,29)/t18-,20+,23?,25-/m1/s1. The monoisotopic (exact) mass is 514 g/mol. The third-order valence-electron chi connectivity index (χ3n) is 6.09. The molecular weight excluding hydrogens is 492 g/mol. The summed E-state index contributed by atoms with van der Waals surface area (Å²) in [4.78, 5) is 64.8. The number of Topliss-reactive ketones (excluding diaryl/α,β-unsaturated/α-hetero) is 2. The van der Waals surface area contributed by atoms with E-state index in [1.54, 1.807) is 24.3 Å². The van der Waals surface area contributed by atoms with Gasteiger partial charge in [-0.1, -0.05) is 60.7 Å². The lowest BCUT2D eigenvalue weighted by atomic mass is 9.89. The Morgan fingerprint density at radius 1 is 1.06 bits per heavy atom. The number of esters is 1. The van der Waals surface area contributed by atoms with Crippen molar-refractivity contribution in [2.45, 2.75) is 42.2 Å². The average molecular weight is 515 g/mol. The van der Waals surface area contributed by atoms with Gasteiger partial charge in [0.1, 0.15) is 16.2 Å². The molecule has 2 aliphatic rings.